The molecule has 0 saturated carbocycles. The van der Waals surface area contributed by atoms with E-state index in [1.165, 1.54) is 24.6 Å². The van der Waals surface area contributed by atoms with Crippen LogP contribution in [-0.2, 0) is 4.74 Å². The molecule has 0 spiro atoms. The zero-order chi connectivity index (χ0) is 19.3. The minimum absolute atomic E-state index is 0.248. The van der Waals surface area contributed by atoms with Gasteiger partial charge in [0.15, 0.2) is 6.23 Å². The van der Waals surface area contributed by atoms with Crippen molar-refractivity contribution in [3.8, 4) is 16.5 Å². The molecule has 4 unspecified atom stereocenters. The number of aliphatic hydroxyl groups excluding tert-OH is 2. The Balaban J connectivity index is 1.93. The molecule has 9 nitrogen and oxygen atoms in total. The number of aromatic nitrogens is 3. The summed E-state index contributed by atoms with van der Waals surface area (Å²) >= 11 is 1.29. The van der Waals surface area contributed by atoms with Gasteiger partial charge in [0.25, 0.3) is 0 Å². The topological polar surface area (TPSA) is 150 Å². The highest BCUT2D eigenvalue weighted by molar-refractivity contribution is 7.16. The van der Waals surface area contributed by atoms with Gasteiger partial charge in [0.1, 0.15) is 46.5 Å². The second kappa shape index (κ2) is 6.26. The molecule has 0 amide bonds. The van der Waals surface area contributed by atoms with Crippen LogP contribution in [0.15, 0.2) is 24.7 Å². The molecule has 1 aliphatic heterocycles. The largest absolute Gasteiger partial charge is 0.394 e. The summed E-state index contributed by atoms with van der Waals surface area (Å²) in [5.74, 6) is 0.248. The van der Waals surface area contributed by atoms with Gasteiger partial charge < -0.3 is 30.4 Å². The molecular formula is C17H17N5O4S. The van der Waals surface area contributed by atoms with Crippen LogP contribution in [0.1, 0.15) is 18.0 Å². The van der Waals surface area contributed by atoms with E-state index in [4.69, 9.17) is 15.7 Å². The lowest BCUT2D eigenvalue weighted by atomic mass is 9.96. The van der Waals surface area contributed by atoms with Crippen molar-refractivity contribution in [3.63, 3.8) is 0 Å². The van der Waals surface area contributed by atoms with Gasteiger partial charge in [-0.3, -0.25) is 0 Å². The molecule has 27 heavy (non-hydrogen) atoms. The maximum absolute atomic E-state index is 10.8. The number of hydrogen-bond donors (Lipinski definition) is 4. The van der Waals surface area contributed by atoms with Gasteiger partial charge in [0.05, 0.1) is 12.0 Å². The summed E-state index contributed by atoms with van der Waals surface area (Å²) in [6, 6.07) is 5.60. The Labute approximate surface area is 157 Å². The number of ether oxygens (including phenoxy) is 1. The van der Waals surface area contributed by atoms with Crippen LogP contribution in [0.3, 0.4) is 0 Å². The van der Waals surface area contributed by atoms with Crippen LogP contribution in [0.25, 0.3) is 21.5 Å². The van der Waals surface area contributed by atoms with Crippen LogP contribution in [0.4, 0.5) is 5.82 Å². The number of aliphatic hydroxyl groups is 3. The fourth-order valence-electron chi connectivity index (χ4n) is 3.41. The van der Waals surface area contributed by atoms with Crippen molar-refractivity contribution in [2.24, 2.45) is 0 Å². The number of rotatable bonds is 3. The SMILES string of the molecule is CC1(O)C(O)C(CO)OC1n1cc(-c2ccc(C#N)s2)c2c(N)ncnc21. The molecule has 1 fully saturated rings. The minimum Gasteiger partial charge on any atom is -0.394 e. The molecule has 4 heterocycles. The van der Waals surface area contributed by atoms with Crippen LogP contribution in [0.5, 0.6) is 0 Å². The fourth-order valence-corrected chi connectivity index (χ4v) is 4.23. The summed E-state index contributed by atoms with van der Waals surface area (Å²) < 4.78 is 7.29. The Bertz CT molecular complexity index is 1050. The third-order valence-corrected chi connectivity index (χ3v) is 5.83. The van der Waals surface area contributed by atoms with Gasteiger partial charge in [-0.1, -0.05) is 0 Å². The van der Waals surface area contributed by atoms with Gasteiger partial charge in [0, 0.05) is 16.6 Å². The molecule has 1 saturated heterocycles. The molecule has 3 aromatic rings. The van der Waals surface area contributed by atoms with Gasteiger partial charge >= 0.3 is 0 Å². The van der Waals surface area contributed by atoms with Gasteiger partial charge in [-0.05, 0) is 19.1 Å². The summed E-state index contributed by atoms with van der Waals surface area (Å²) in [6.07, 6.45) is -0.201. The zero-order valence-electron chi connectivity index (χ0n) is 14.3. The summed E-state index contributed by atoms with van der Waals surface area (Å²) in [5.41, 5.74) is 5.52. The number of thiophene rings is 1. The third kappa shape index (κ3) is 2.60. The molecule has 4 rings (SSSR count). The number of anilines is 1. The first kappa shape index (κ1) is 17.8. The van der Waals surface area contributed by atoms with Crippen molar-refractivity contribution < 1.29 is 20.1 Å². The molecule has 3 aromatic heterocycles. The van der Waals surface area contributed by atoms with Crippen LogP contribution in [0, 0.1) is 11.3 Å². The molecule has 0 aliphatic carbocycles. The van der Waals surface area contributed by atoms with E-state index < -0.39 is 30.6 Å². The number of nitrogens with two attached hydrogens (primary N) is 1. The first-order valence-corrected chi connectivity index (χ1v) is 8.98. The third-order valence-electron chi connectivity index (χ3n) is 4.81. The van der Waals surface area contributed by atoms with Crippen LogP contribution < -0.4 is 5.73 Å². The second-order valence-corrected chi connectivity index (χ2v) is 7.65. The Morgan fingerprint density at radius 2 is 2.22 bits per heavy atom. The number of nitriles is 1. The lowest BCUT2D eigenvalue weighted by molar-refractivity contribution is -0.0948. The lowest BCUT2D eigenvalue weighted by Crippen LogP contribution is -2.44. The predicted octanol–water partition coefficient (Wildman–Crippen LogP) is 0.615. The van der Waals surface area contributed by atoms with Crippen LogP contribution in [-0.4, -0.2) is 54.3 Å². The van der Waals surface area contributed by atoms with E-state index in [0.717, 1.165) is 4.88 Å². The molecule has 1 aliphatic rings. The van der Waals surface area contributed by atoms with Gasteiger partial charge in [-0.2, -0.15) is 5.26 Å². The highest BCUT2D eigenvalue weighted by Crippen LogP contribution is 2.43. The first-order valence-electron chi connectivity index (χ1n) is 8.16. The van der Waals surface area contributed by atoms with Crippen molar-refractivity contribution >= 4 is 28.2 Å². The van der Waals surface area contributed by atoms with E-state index in [2.05, 4.69) is 16.0 Å². The van der Waals surface area contributed by atoms with Gasteiger partial charge in [-0.15, -0.1) is 11.3 Å². The zero-order valence-corrected chi connectivity index (χ0v) is 15.1. The highest BCUT2D eigenvalue weighted by atomic mass is 32.1. The monoisotopic (exact) mass is 387 g/mol. The standard InChI is InChI=1S/C17H17N5O4S/c1-17(25)13(24)10(6-23)26-16(17)22-5-9(11-3-2-8(4-18)27-11)12-14(19)20-7-21-15(12)22/h2-3,5,7,10,13,16,23-25H,6H2,1H3,(H2,19,20,21). The van der Waals surface area contributed by atoms with Crippen molar-refractivity contribution in [2.45, 2.75) is 31.0 Å². The summed E-state index contributed by atoms with van der Waals surface area (Å²) in [4.78, 5) is 9.65. The molecule has 10 heteroatoms. The molecule has 5 N–H and O–H groups in total. The average molecular weight is 387 g/mol. The van der Waals surface area contributed by atoms with E-state index >= 15 is 0 Å². The first-order chi connectivity index (χ1) is 12.9. The summed E-state index contributed by atoms with van der Waals surface area (Å²) in [6.45, 7) is 1.00. The van der Waals surface area contributed by atoms with E-state index in [-0.39, 0.29) is 5.82 Å². The van der Waals surface area contributed by atoms with E-state index in [9.17, 15) is 15.3 Å². The Morgan fingerprint density at radius 3 is 2.85 bits per heavy atom. The van der Waals surface area contributed by atoms with Crippen molar-refractivity contribution in [2.75, 3.05) is 12.3 Å². The van der Waals surface area contributed by atoms with Crippen molar-refractivity contribution in [1.82, 2.24) is 14.5 Å². The molecule has 0 aromatic carbocycles. The fraction of sp³-hybridized carbons (Fsp3) is 0.353. The number of nitrogen functional groups attached to an aromatic ring is 1. The van der Waals surface area contributed by atoms with E-state index in [1.54, 1.807) is 22.9 Å². The van der Waals surface area contributed by atoms with Gasteiger partial charge in [-0.25, -0.2) is 9.97 Å². The normalized spacial score (nSPS) is 27.9. The summed E-state index contributed by atoms with van der Waals surface area (Å²) in [7, 11) is 0. The molecule has 140 valence electrons. The van der Waals surface area contributed by atoms with E-state index in [0.29, 0.717) is 21.5 Å². The maximum Gasteiger partial charge on any atom is 0.167 e. The van der Waals surface area contributed by atoms with Crippen LogP contribution in [0.2, 0.25) is 0 Å². The molecule has 4 atom stereocenters. The smallest absolute Gasteiger partial charge is 0.167 e. The second-order valence-electron chi connectivity index (χ2n) is 6.56. The van der Waals surface area contributed by atoms with Crippen LogP contribution >= 0.6 is 11.3 Å². The van der Waals surface area contributed by atoms with E-state index in [1.807, 2.05) is 0 Å². The predicted molar refractivity (Wildman–Crippen MR) is 97.6 cm³/mol. The highest BCUT2D eigenvalue weighted by Gasteiger charge is 2.53. The number of nitrogens with zero attached hydrogens (tertiary/aromatic N) is 4. The quantitative estimate of drug-likeness (QED) is 0.510. The Morgan fingerprint density at radius 1 is 1.44 bits per heavy atom. The molecule has 0 bridgehead atoms. The molecular weight excluding hydrogens is 370 g/mol. The summed E-state index contributed by atoms with van der Waals surface area (Å²) in [5, 5.41) is 40.2. The Hall–Kier alpha value is -2.55. The minimum atomic E-state index is -1.66. The van der Waals surface area contributed by atoms with Crippen molar-refractivity contribution in [1.29, 1.82) is 5.26 Å². The Kier molecular flexibility index (Phi) is 4.14. The number of fused-ring (bicyclic) bond motifs is 1. The average Bonchev–Trinajstić information content (AvgIpc) is 3.32. The number of hydrogen-bond acceptors (Lipinski definition) is 9. The van der Waals surface area contributed by atoms with Crippen molar-refractivity contribution in [3.05, 3.63) is 29.5 Å². The lowest BCUT2D eigenvalue weighted by Gasteiger charge is -2.27. The maximum atomic E-state index is 10.8. The van der Waals surface area contributed by atoms with Gasteiger partial charge in [0.2, 0.25) is 0 Å². The molecule has 0 radical (unpaired) electrons.